The predicted octanol–water partition coefficient (Wildman–Crippen LogP) is 3.77. The number of carbonyl (C=O) groups is 1. The summed E-state index contributed by atoms with van der Waals surface area (Å²) in [5, 5.41) is 29.5. The van der Waals surface area contributed by atoms with Gasteiger partial charge in [-0.05, 0) is 42.8 Å². The maximum Gasteiger partial charge on any atom is 0.347 e. The number of aromatic hydroxyl groups is 3. The second kappa shape index (κ2) is 7.98. The minimum Gasteiger partial charge on any atom is -0.504 e. The van der Waals surface area contributed by atoms with Gasteiger partial charge < -0.3 is 33.9 Å². The highest BCUT2D eigenvalue weighted by atomic mass is 16.6. The fourth-order valence-corrected chi connectivity index (χ4v) is 4.31. The molecule has 0 bridgehead atoms. The molecule has 2 aliphatic heterocycles. The Hall–Kier alpha value is -4.66. The fraction of sp³-hybridized carbons (Fsp3) is 0.154. The number of phenolic OH excluding ortho intramolecular Hbond substituents is 3. The number of carbonyl (C=O) groups excluding carboxylic acids is 1. The number of ether oxygens (including phenoxy) is 3. The molecule has 0 unspecified atom stereocenters. The Kier molecular flexibility index (Phi) is 5.05. The number of hydrogen-bond acceptors (Lipinski definition) is 9. The van der Waals surface area contributed by atoms with E-state index in [0.29, 0.717) is 16.9 Å². The lowest BCUT2D eigenvalue weighted by molar-refractivity contribution is -0.139. The van der Waals surface area contributed by atoms with Crippen LogP contribution in [0.5, 0.6) is 28.7 Å². The molecule has 2 aromatic carbocycles. The molecule has 2 aliphatic rings. The highest BCUT2D eigenvalue weighted by molar-refractivity contribution is 6.02. The van der Waals surface area contributed by atoms with Crippen LogP contribution in [0.15, 0.2) is 63.5 Å². The lowest BCUT2D eigenvalue weighted by Gasteiger charge is -2.28. The molecule has 1 spiro atoms. The number of allylic oxidation sites excluding steroid dienone is 1. The molecule has 0 aliphatic carbocycles. The largest absolute Gasteiger partial charge is 0.504 e. The van der Waals surface area contributed by atoms with Crippen LogP contribution < -0.4 is 15.1 Å². The molecule has 5 rings (SSSR count). The minimum absolute atomic E-state index is 0.0103. The van der Waals surface area contributed by atoms with Crippen molar-refractivity contribution >= 4 is 17.9 Å². The van der Waals surface area contributed by atoms with Crippen LogP contribution in [0.4, 0.5) is 0 Å². The first kappa shape index (κ1) is 22.1. The van der Waals surface area contributed by atoms with Crippen molar-refractivity contribution in [2.24, 2.45) is 0 Å². The van der Waals surface area contributed by atoms with Crippen LogP contribution in [0.2, 0.25) is 0 Å². The van der Waals surface area contributed by atoms with Crippen molar-refractivity contribution in [3.05, 3.63) is 87.2 Å². The number of methoxy groups -OCH3 is 1. The van der Waals surface area contributed by atoms with Crippen LogP contribution in [0.1, 0.15) is 35.5 Å². The smallest absolute Gasteiger partial charge is 0.347 e. The minimum atomic E-state index is -1.82. The zero-order valence-corrected chi connectivity index (χ0v) is 18.6. The third-order valence-electron chi connectivity index (χ3n) is 5.89. The van der Waals surface area contributed by atoms with Crippen LogP contribution in [-0.4, -0.2) is 28.2 Å². The summed E-state index contributed by atoms with van der Waals surface area (Å²) in [6.45, 7) is 1.58. The van der Waals surface area contributed by atoms with E-state index in [-0.39, 0.29) is 34.3 Å². The average molecular weight is 476 g/mol. The second-order valence-electron chi connectivity index (χ2n) is 8.14. The van der Waals surface area contributed by atoms with Gasteiger partial charge in [0.2, 0.25) is 11.4 Å². The number of fused-ring (bicyclic) bond motifs is 2. The summed E-state index contributed by atoms with van der Waals surface area (Å²) < 4.78 is 22.5. The van der Waals surface area contributed by atoms with Gasteiger partial charge in [0.05, 0.1) is 12.9 Å². The van der Waals surface area contributed by atoms with Gasteiger partial charge in [-0.1, -0.05) is 18.2 Å². The Morgan fingerprint density at radius 3 is 2.43 bits per heavy atom. The first-order valence-corrected chi connectivity index (χ1v) is 10.6. The third kappa shape index (κ3) is 3.48. The molecule has 3 heterocycles. The zero-order chi connectivity index (χ0) is 24.9. The summed E-state index contributed by atoms with van der Waals surface area (Å²) in [7, 11) is 1.43. The van der Waals surface area contributed by atoms with Gasteiger partial charge in [0.1, 0.15) is 17.1 Å². The van der Waals surface area contributed by atoms with Crippen LogP contribution in [0.25, 0.3) is 12.2 Å². The number of benzene rings is 2. The van der Waals surface area contributed by atoms with E-state index in [0.717, 1.165) is 0 Å². The second-order valence-corrected chi connectivity index (χ2v) is 8.14. The number of hydrogen-bond donors (Lipinski definition) is 3. The molecule has 35 heavy (non-hydrogen) atoms. The predicted molar refractivity (Wildman–Crippen MR) is 123 cm³/mol. The molecule has 1 aromatic heterocycles. The number of phenols is 3. The Bertz CT molecular complexity index is 1480. The maximum absolute atomic E-state index is 13.1. The van der Waals surface area contributed by atoms with E-state index in [2.05, 4.69) is 0 Å². The summed E-state index contributed by atoms with van der Waals surface area (Å²) in [4.78, 5) is 26.2. The van der Waals surface area contributed by atoms with E-state index in [9.17, 15) is 24.9 Å². The van der Waals surface area contributed by atoms with E-state index < -0.39 is 28.9 Å². The van der Waals surface area contributed by atoms with Gasteiger partial charge in [0.15, 0.2) is 29.1 Å². The van der Waals surface area contributed by atoms with Gasteiger partial charge in [-0.15, -0.1) is 0 Å². The molecule has 0 amide bonds. The SMILES string of the molecule is COc1cc(C=Cc2cc3c(c(=O)o2)[C@@]2(OC(C)=CC2=O)[C@@H](c2ccc(O)c(O)c2)O3)ccc1O. The summed E-state index contributed by atoms with van der Waals surface area (Å²) >= 11 is 0. The first-order valence-electron chi connectivity index (χ1n) is 10.6. The maximum atomic E-state index is 13.1. The Morgan fingerprint density at radius 2 is 1.74 bits per heavy atom. The molecular formula is C26H20O9. The van der Waals surface area contributed by atoms with Gasteiger partial charge >= 0.3 is 5.63 Å². The van der Waals surface area contributed by atoms with Gasteiger partial charge in [0.25, 0.3) is 0 Å². The van der Waals surface area contributed by atoms with Crippen molar-refractivity contribution in [2.75, 3.05) is 7.11 Å². The quantitative estimate of drug-likeness (QED) is 0.481. The van der Waals surface area contributed by atoms with E-state index >= 15 is 0 Å². The normalized spacial score (nSPS) is 20.6. The van der Waals surface area contributed by atoms with Crippen molar-refractivity contribution in [3.63, 3.8) is 0 Å². The molecule has 0 saturated heterocycles. The van der Waals surface area contributed by atoms with Crippen LogP contribution in [0, 0.1) is 0 Å². The molecule has 178 valence electrons. The molecule has 2 atom stereocenters. The molecule has 0 fully saturated rings. The van der Waals surface area contributed by atoms with Crippen LogP contribution >= 0.6 is 0 Å². The van der Waals surface area contributed by atoms with Gasteiger partial charge in [-0.2, -0.15) is 0 Å². The van der Waals surface area contributed by atoms with E-state index in [4.69, 9.17) is 18.6 Å². The van der Waals surface area contributed by atoms with Crippen molar-refractivity contribution in [1.29, 1.82) is 0 Å². The van der Waals surface area contributed by atoms with E-state index in [1.54, 1.807) is 25.1 Å². The van der Waals surface area contributed by atoms with Crippen LogP contribution in [0.3, 0.4) is 0 Å². The molecule has 3 N–H and O–H groups in total. The summed E-state index contributed by atoms with van der Waals surface area (Å²) in [5.74, 6) is -0.437. The van der Waals surface area contributed by atoms with Gasteiger partial charge in [-0.3, -0.25) is 4.79 Å². The van der Waals surface area contributed by atoms with Crippen LogP contribution in [-0.2, 0) is 15.1 Å². The van der Waals surface area contributed by atoms with Crippen molar-refractivity contribution in [3.8, 4) is 28.7 Å². The average Bonchev–Trinajstić information content (AvgIpc) is 3.31. The Labute approximate surface area is 198 Å². The number of ketones is 1. The molecule has 3 aromatic rings. The summed E-state index contributed by atoms with van der Waals surface area (Å²) in [5.41, 5.74) is -1.73. The standard InChI is InChI=1S/C26H20O9/c1-13-9-22(30)26(35-13)23-21(34-24(26)15-5-8-17(27)19(29)11-15)12-16(33-25(23)31)6-3-14-4-7-18(28)20(10-14)32-2/h3-12,24,27-29H,1-2H3/t24-,26-/m1/s1. The van der Waals surface area contributed by atoms with E-state index in [1.165, 1.54) is 49.6 Å². The molecule has 9 nitrogen and oxygen atoms in total. The lowest BCUT2D eigenvalue weighted by atomic mass is 9.84. The first-order chi connectivity index (χ1) is 16.7. The Morgan fingerprint density at radius 1 is 0.971 bits per heavy atom. The highest BCUT2D eigenvalue weighted by Crippen LogP contribution is 2.54. The monoisotopic (exact) mass is 476 g/mol. The molecule has 0 saturated carbocycles. The Balaban J connectivity index is 1.58. The topological polar surface area (TPSA) is 136 Å². The van der Waals surface area contributed by atoms with Crippen molar-refractivity contribution in [1.82, 2.24) is 0 Å². The van der Waals surface area contributed by atoms with E-state index in [1.807, 2.05) is 0 Å². The molecule has 0 radical (unpaired) electrons. The summed E-state index contributed by atoms with van der Waals surface area (Å²) in [6, 6.07) is 10.2. The fourth-order valence-electron chi connectivity index (χ4n) is 4.31. The molecular weight excluding hydrogens is 456 g/mol. The van der Waals surface area contributed by atoms with Crippen molar-refractivity contribution in [2.45, 2.75) is 18.6 Å². The van der Waals surface area contributed by atoms with Crippen molar-refractivity contribution < 1.29 is 38.7 Å². The summed E-state index contributed by atoms with van der Waals surface area (Å²) in [6.07, 6.45) is 3.34. The van der Waals surface area contributed by atoms with Gasteiger partial charge in [-0.25, -0.2) is 4.79 Å². The van der Waals surface area contributed by atoms with Gasteiger partial charge in [0, 0.05) is 17.7 Å². The number of rotatable bonds is 4. The highest BCUT2D eigenvalue weighted by Gasteiger charge is 2.61. The third-order valence-corrected chi connectivity index (χ3v) is 5.89. The molecule has 9 heteroatoms. The lowest BCUT2D eigenvalue weighted by Crippen LogP contribution is -2.41. The zero-order valence-electron chi connectivity index (χ0n) is 18.6.